The molecular weight excluding hydrogens is 1230 g/mol. The Hall–Kier alpha value is -8.32. The van der Waals surface area contributed by atoms with Crippen LogP contribution in [0.5, 0.6) is 11.5 Å². The van der Waals surface area contributed by atoms with Crippen LogP contribution in [0, 0.1) is 21.4 Å². The van der Waals surface area contributed by atoms with Crippen LogP contribution in [0.4, 0.5) is 17.1 Å². The molecule has 0 radical (unpaired) electrons. The molecule has 1 unspecified atom stereocenters. The van der Waals surface area contributed by atoms with Gasteiger partial charge >= 0.3 is 0 Å². The summed E-state index contributed by atoms with van der Waals surface area (Å²) in [6.45, 7) is 14.9. The highest BCUT2D eigenvalue weighted by Gasteiger charge is 2.45. The maximum atomic E-state index is 14.3. The molecule has 4 aliphatic heterocycles. The summed E-state index contributed by atoms with van der Waals surface area (Å²) in [7, 11) is -4.42. The highest BCUT2D eigenvalue weighted by Crippen LogP contribution is 2.44. The first-order chi connectivity index (χ1) is 44.8. The molecule has 490 valence electrons. The zero-order valence-corrected chi connectivity index (χ0v) is 54.0. The summed E-state index contributed by atoms with van der Waals surface area (Å²) >= 11 is 6.27. The van der Waals surface area contributed by atoms with Crippen molar-refractivity contribution in [3.63, 3.8) is 0 Å². The number of aromatic nitrogens is 2. The fraction of sp³-hybridized carbons (Fsp3) is 0.420. The first-order valence-electron chi connectivity index (χ1n) is 31.7. The number of aromatic amines is 1. The molecule has 1 aliphatic carbocycles. The maximum Gasteiger partial charge on any atom is 0.293 e. The van der Waals surface area contributed by atoms with Crippen LogP contribution in [0.15, 0.2) is 126 Å². The van der Waals surface area contributed by atoms with Crippen molar-refractivity contribution in [1.29, 1.82) is 0 Å². The average molecular weight is 1310 g/mol. The number of nitrogens with one attached hydrogen (secondary N) is 3. The number of amides is 4. The fourth-order valence-electron chi connectivity index (χ4n) is 12.9. The SMILES string of the molecule is C=C1CCC(N2C(=O)c3cccc(CCCOCCOCCOCC(=O)N4CCC(CNc5ccc(S(=O)(=O)CC(=O)c6ccc(N7CCN(CC8=C(c9ccc(Cl)cc9)CC(C)(C)CC8)CC7)cc6Oc6cnc7[nH]ccc7c6)cc5[N+](=O)[O-])CC4)c3C2=O)C(=O)N1. The lowest BCUT2D eigenvalue weighted by atomic mass is 9.72. The van der Waals surface area contributed by atoms with Crippen molar-refractivity contribution in [2.75, 3.05) is 108 Å². The van der Waals surface area contributed by atoms with Gasteiger partial charge in [-0.25, -0.2) is 13.4 Å². The zero-order chi connectivity index (χ0) is 65.4. The van der Waals surface area contributed by atoms with Crippen LogP contribution in [0.1, 0.15) is 107 Å². The first-order valence-corrected chi connectivity index (χ1v) is 33.8. The number of anilines is 2. The molecule has 6 aromatic rings. The zero-order valence-electron chi connectivity index (χ0n) is 52.4. The van der Waals surface area contributed by atoms with Crippen LogP contribution in [-0.4, -0.2) is 171 Å². The molecule has 3 fully saturated rings. The fourth-order valence-corrected chi connectivity index (χ4v) is 14.3. The first kappa shape index (κ1) is 66.1. The Balaban J connectivity index is 0.615. The molecule has 22 nitrogen and oxygen atoms in total. The molecule has 0 spiro atoms. The van der Waals surface area contributed by atoms with Gasteiger partial charge in [-0.1, -0.05) is 61.9 Å². The summed E-state index contributed by atoms with van der Waals surface area (Å²) in [6, 6.07) is 24.8. The summed E-state index contributed by atoms with van der Waals surface area (Å²) in [6.07, 6.45) is 9.58. The number of nitrogens with zero attached hydrogens (tertiary/aromatic N) is 6. The Morgan fingerprint density at radius 3 is 2.37 bits per heavy atom. The monoisotopic (exact) mass is 1310 g/mol. The number of sulfone groups is 1. The number of hydrogen-bond donors (Lipinski definition) is 3. The second-order valence-corrected chi connectivity index (χ2v) is 27.7. The lowest BCUT2D eigenvalue weighted by Gasteiger charge is -2.39. The van der Waals surface area contributed by atoms with Crippen molar-refractivity contribution >= 4 is 84.5 Å². The number of piperidine rings is 2. The molecule has 0 bridgehead atoms. The molecular formula is C69H78ClN9O13S. The molecule has 4 aromatic carbocycles. The van der Waals surface area contributed by atoms with Crippen LogP contribution in [0.3, 0.4) is 0 Å². The molecule has 2 aromatic heterocycles. The number of rotatable bonds is 27. The van der Waals surface area contributed by atoms with Gasteiger partial charge in [-0.15, -0.1) is 0 Å². The predicted molar refractivity (Wildman–Crippen MR) is 353 cm³/mol. The minimum atomic E-state index is -4.42. The minimum Gasteiger partial charge on any atom is -0.455 e. The number of benzene rings is 4. The molecule has 24 heteroatoms. The second kappa shape index (κ2) is 29.3. The third-order valence-corrected chi connectivity index (χ3v) is 20.0. The van der Waals surface area contributed by atoms with E-state index in [1.165, 1.54) is 35.0 Å². The van der Waals surface area contributed by atoms with Crippen molar-refractivity contribution in [2.45, 2.75) is 82.6 Å². The van der Waals surface area contributed by atoms with Gasteiger partial charge in [0.2, 0.25) is 11.8 Å². The third-order valence-electron chi connectivity index (χ3n) is 18.2. The maximum absolute atomic E-state index is 14.3. The van der Waals surface area contributed by atoms with Crippen molar-refractivity contribution in [3.05, 3.63) is 164 Å². The van der Waals surface area contributed by atoms with E-state index in [-0.39, 0.29) is 59.0 Å². The van der Waals surface area contributed by atoms with Gasteiger partial charge in [0, 0.05) is 99.1 Å². The third kappa shape index (κ3) is 16.0. The van der Waals surface area contributed by atoms with Gasteiger partial charge in [-0.3, -0.25) is 43.9 Å². The Morgan fingerprint density at radius 2 is 1.61 bits per heavy atom. The Kier molecular flexibility index (Phi) is 20.9. The molecule has 1 atom stereocenters. The molecule has 4 amide bonds. The van der Waals surface area contributed by atoms with Gasteiger partial charge in [0.05, 0.1) is 59.1 Å². The van der Waals surface area contributed by atoms with Crippen molar-refractivity contribution < 1.29 is 56.3 Å². The number of nitro benzene ring substituents is 1. The lowest BCUT2D eigenvalue weighted by molar-refractivity contribution is -0.384. The number of halogens is 1. The number of hydrogen-bond acceptors (Lipinski definition) is 17. The molecule has 6 heterocycles. The minimum absolute atomic E-state index is 0.0317. The number of ether oxygens (including phenoxy) is 4. The summed E-state index contributed by atoms with van der Waals surface area (Å²) in [5.74, 6) is -2.67. The van der Waals surface area contributed by atoms with Crippen LogP contribution in [0.2, 0.25) is 5.02 Å². The molecule has 3 saturated heterocycles. The number of allylic oxidation sites excluding steroid dienone is 2. The molecule has 0 saturated carbocycles. The van der Waals surface area contributed by atoms with Crippen molar-refractivity contribution in [1.82, 2.24) is 30.0 Å². The van der Waals surface area contributed by atoms with E-state index < -0.39 is 55.7 Å². The van der Waals surface area contributed by atoms with E-state index in [1.807, 2.05) is 24.3 Å². The van der Waals surface area contributed by atoms with E-state index >= 15 is 0 Å². The average Bonchev–Trinajstić information content (AvgIpc) is 1.63. The van der Waals surface area contributed by atoms with E-state index in [2.05, 4.69) is 63.0 Å². The number of Topliss-reactive ketones (excluding diaryl/α,β-unsaturated/α-hetero) is 1. The number of ketones is 1. The molecule has 11 rings (SSSR count). The second-order valence-electron chi connectivity index (χ2n) is 25.2. The highest BCUT2D eigenvalue weighted by atomic mass is 35.5. The van der Waals surface area contributed by atoms with Crippen molar-refractivity contribution in [2.24, 2.45) is 11.3 Å². The van der Waals surface area contributed by atoms with E-state index in [0.717, 1.165) is 66.5 Å². The largest absolute Gasteiger partial charge is 0.455 e. The Labute approximate surface area is 545 Å². The van der Waals surface area contributed by atoms with Gasteiger partial charge in [-0.05, 0) is 140 Å². The number of likely N-dealkylation sites (tertiary alicyclic amines) is 1. The van der Waals surface area contributed by atoms with Gasteiger partial charge in [0.25, 0.3) is 17.5 Å². The van der Waals surface area contributed by atoms with E-state index in [4.69, 9.17) is 30.5 Å². The quantitative estimate of drug-likeness (QED) is 0.0142. The predicted octanol–water partition coefficient (Wildman–Crippen LogP) is 10.1. The number of imide groups is 1. The van der Waals surface area contributed by atoms with Gasteiger partial charge in [-0.2, -0.15) is 0 Å². The normalized spacial score (nSPS) is 18.1. The van der Waals surface area contributed by atoms with Gasteiger partial charge < -0.3 is 44.4 Å². The van der Waals surface area contributed by atoms with E-state index in [9.17, 15) is 42.5 Å². The van der Waals surface area contributed by atoms with Crippen molar-refractivity contribution in [3.8, 4) is 11.5 Å². The number of pyridine rings is 1. The van der Waals surface area contributed by atoms with Crippen LogP contribution in [0.25, 0.3) is 16.6 Å². The number of H-pyrrole nitrogens is 1. The molecule has 3 N–H and O–H groups in total. The van der Waals surface area contributed by atoms with Gasteiger partial charge in [0.1, 0.15) is 41.2 Å². The smallest absolute Gasteiger partial charge is 0.293 e. The number of piperazine rings is 1. The topological polar surface area (TPSA) is 265 Å². The summed E-state index contributed by atoms with van der Waals surface area (Å²) in [5, 5.41) is 19.8. The summed E-state index contributed by atoms with van der Waals surface area (Å²) < 4.78 is 51.5. The molecule has 5 aliphatic rings. The lowest BCUT2D eigenvalue weighted by Crippen LogP contribution is -2.51. The number of nitro groups is 1. The van der Waals surface area contributed by atoms with Crippen LogP contribution in [-0.2, 0) is 40.1 Å². The molecule has 93 heavy (non-hydrogen) atoms. The standard InChI is InChI=1S/C69H78ClN9O13S/c1-45-9-18-59(66(82)74-45)78-67(83)56-8-4-6-48(64(56)68(78)84)7-5-31-89-32-33-90-34-35-91-43-63(81)77-25-21-46(22-26-77)40-72-58-17-15-54(38-60(58)79(85)86)93(87,88)44-61(80)55-16-14-52(37-62(55)92-53-36-49-20-24-71-65(49)73-41-53)76-29-27-75(28-30-76)42-50-19-23-69(2,3)39-57(50)47-10-12-51(70)13-11-47/h4,6,8,10-17,20,24,36-38,41,46,59,72H,1,5,7,9,18-19,21-23,25-35,39-40,42-44H2,2-3H3,(H,71,73)(H,74,82). The Bertz CT molecular complexity index is 3970. The van der Waals surface area contributed by atoms with Crippen LogP contribution < -0.4 is 20.3 Å². The van der Waals surface area contributed by atoms with E-state index in [1.54, 1.807) is 47.5 Å². The van der Waals surface area contributed by atoms with E-state index in [0.29, 0.717) is 124 Å². The number of carbonyl (C=O) groups excluding carboxylic acids is 5. The van der Waals surface area contributed by atoms with Gasteiger partial charge in [0.15, 0.2) is 15.6 Å². The Morgan fingerprint density at radius 1 is 0.860 bits per heavy atom. The number of fused-ring (bicyclic) bond motifs is 2. The summed E-state index contributed by atoms with van der Waals surface area (Å²) in [4.78, 5) is 93.0. The van der Waals surface area contributed by atoms with Crippen LogP contribution >= 0.6 is 11.6 Å². The number of aryl methyl sites for hydroxylation is 1. The summed E-state index contributed by atoms with van der Waals surface area (Å²) in [5.41, 5.74) is 7.34. The highest BCUT2D eigenvalue weighted by molar-refractivity contribution is 7.92. The number of carbonyl (C=O) groups is 5.